The average molecular weight is 331 g/mol. The van der Waals surface area contributed by atoms with Gasteiger partial charge in [0.05, 0.1) is 0 Å². The highest BCUT2D eigenvalue weighted by molar-refractivity contribution is 5.88. The molecule has 1 aromatic heterocycles. The number of nitrogens with zero attached hydrogens (tertiary/aromatic N) is 2. The highest BCUT2D eigenvalue weighted by Crippen LogP contribution is 2.20. The van der Waals surface area contributed by atoms with Gasteiger partial charge in [-0.05, 0) is 37.8 Å². The molecule has 0 aliphatic heterocycles. The molecule has 2 aliphatic carbocycles. The second-order valence-corrected chi connectivity index (χ2v) is 7.07. The van der Waals surface area contributed by atoms with Crippen LogP contribution in [0.2, 0.25) is 0 Å². The Morgan fingerprint density at radius 1 is 0.792 bits per heavy atom. The van der Waals surface area contributed by atoms with Gasteiger partial charge in [0.2, 0.25) is 0 Å². The van der Waals surface area contributed by atoms with E-state index in [9.17, 15) is 4.79 Å². The topological polar surface area (TPSA) is 78.9 Å². The van der Waals surface area contributed by atoms with Gasteiger partial charge < -0.3 is 10.6 Å². The van der Waals surface area contributed by atoms with E-state index in [-0.39, 0.29) is 6.03 Å². The molecule has 2 amide bonds. The van der Waals surface area contributed by atoms with Crippen LogP contribution in [0.4, 0.5) is 16.4 Å². The number of carbonyl (C=O) groups is 1. The van der Waals surface area contributed by atoms with Crippen molar-refractivity contribution in [1.82, 2.24) is 15.5 Å². The first-order valence-electron chi connectivity index (χ1n) is 9.47. The second-order valence-electron chi connectivity index (χ2n) is 7.07. The lowest BCUT2D eigenvalue weighted by atomic mass is 9.96. The summed E-state index contributed by atoms with van der Waals surface area (Å²) in [5.41, 5.74) is 0. The fraction of sp³-hybridized carbons (Fsp3) is 0.722. The lowest BCUT2D eigenvalue weighted by molar-refractivity contribution is 0.244. The van der Waals surface area contributed by atoms with Crippen molar-refractivity contribution in [2.45, 2.75) is 82.7 Å². The van der Waals surface area contributed by atoms with Crippen LogP contribution < -0.4 is 16.0 Å². The smallest absolute Gasteiger partial charge is 0.320 e. The van der Waals surface area contributed by atoms with Gasteiger partial charge in [0.15, 0.2) is 5.82 Å². The summed E-state index contributed by atoms with van der Waals surface area (Å²) in [4.78, 5) is 12.0. The molecule has 2 saturated carbocycles. The predicted molar refractivity (Wildman–Crippen MR) is 96.2 cm³/mol. The minimum atomic E-state index is -0.180. The van der Waals surface area contributed by atoms with Gasteiger partial charge in [0.25, 0.3) is 0 Å². The number of hydrogen-bond donors (Lipinski definition) is 3. The van der Waals surface area contributed by atoms with Gasteiger partial charge >= 0.3 is 6.03 Å². The largest absolute Gasteiger partial charge is 0.366 e. The number of hydrogen-bond acceptors (Lipinski definition) is 4. The molecule has 132 valence electrons. The Bertz CT molecular complexity index is 505. The summed E-state index contributed by atoms with van der Waals surface area (Å²) in [6.07, 6.45) is 13.5. The molecule has 0 bridgehead atoms. The summed E-state index contributed by atoms with van der Waals surface area (Å²) < 4.78 is 0. The van der Waals surface area contributed by atoms with Crippen molar-refractivity contribution in [1.29, 1.82) is 0 Å². The minimum Gasteiger partial charge on any atom is -0.366 e. The molecule has 0 unspecified atom stereocenters. The lowest BCUT2D eigenvalue weighted by Crippen LogP contribution is -2.39. The van der Waals surface area contributed by atoms with Crippen LogP contribution in [0.3, 0.4) is 0 Å². The molecule has 2 aliphatic rings. The van der Waals surface area contributed by atoms with E-state index in [2.05, 4.69) is 26.1 Å². The van der Waals surface area contributed by atoms with Crippen LogP contribution in [-0.4, -0.2) is 28.3 Å². The van der Waals surface area contributed by atoms with Gasteiger partial charge in [0.1, 0.15) is 5.82 Å². The van der Waals surface area contributed by atoms with Crippen molar-refractivity contribution < 1.29 is 4.79 Å². The molecule has 3 rings (SSSR count). The summed E-state index contributed by atoms with van der Waals surface area (Å²) in [7, 11) is 0. The summed E-state index contributed by atoms with van der Waals surface area (Å²) in [5, 5.41) is 17.6. The first-order chi connectivity index (χ1) is 11.8. The van der Waals surface area contributed by atoms with Crippen LogP contribution in [0.25, 0.3) is 0 Å². The molecule has 0 atom stereocenters. The third-order valence-electron chi connectivity index (χ3n) is 5.05. The van der Waals surface area contributed by atoms with Crippen molar-refractivity contribution in [3.8, 4) is 0 Å². The quantitative estimate of drug-likeness (QED) is 0.727. The van der Waals surface area contributed by atoms with Crippen molar-refractivity contribution in [2.24, 2.45) is 0 Å². The molecule has 0 radical (unpaired) electrons. The monoisotopic (exact) mass is 331 g/mol. The number of rotatable bonds is 4. The Balaban J connectivity index is 1.45. The van der Waals surface area contributed by atoms with Crippen LogP contribution in [0.15, 0.2) is 12.1 Å². The van der Waals surface area contributed by atoms with Crippen molar-refractivity contribution in [3.05, 3.63) is 12.1 Å². The van der Waals surface area contributed by atoms with Gasteiger partial charge in [-0.2, -0.15) is 0 Å². The zero-order valence-corrected chi connectivity index (χ0v) is 14.4. The van der Waals surface area contributed by atoms with Crippen LogP contribution in [-0.2, 0) is 0 Å². The number of urea groups is 1. The van der Waals surface area contributed by atoms with E-state index < -0.39 is 0 Å². The average Bonchev–Trinajstić information content (AvgIpc) is 2.86. The van der Waals surface area contributed by atoms with E-state index in [0.717, 1.165) is 18.7 Å². The Morgan fingerprint density at radius 2 is 1.33 bits per heavy atom. The molecule has 1 aromatic rings. The maximum Gasteiger partial charge on any atom is 0.320 e. The Hall–Kier alpha value is -1.85. The predicted octanol–water partition coefficient (Wildman–Crippen LogP) is 4.07. The standard InChI is InChI=1S/C18H29N5O/c24-18(20-15-10-6-3-7-11-15)21-17-13-12-16(22-23-17)19-14-8-4-1-2-5-9-14/h12-15H,1-11H2,(H,19,22)(H2,20,21,23,24). The van der Waals surface area contributed by atoms with Gasteiger partial charge in [-0.25, -0.2) is 4.79 Å². The first kappa shape index (κ1) is 17.0. The third kappa shape index (κ3) is 5.35. The molecule has 0 aromatic carbocycles. The van der Waals surface area contributed by atoms with Gasteiger partial charge in [-0.3, -0.25) is 5.32 Å². The first-order valence-corrected chi connectivity index (χ1v) is 9.47. The van der Waals surface area contributed by atoms with Crippen LogP contribution >= 0.6 is 0 Å². The van der Waals surface area contributed by atoms with Crippen molar-refractivity contribution in [2.75, 3.05) is 10.6 Å². The van der Waals surface area contributed by atoms with Crippen LogP contribution in [0.5, 0.6) is 0 Å². The highest BCUT2D eigenvalue weighted by atomic mass is 16.2. The van der Waals surface area contributed by atoms with E-state index in [1.54, 1.807) is 0 Å². The number of nitrogens with one attached hydrogen (secondary N) is 3. The Kier molecular flexibility index (Phi) is 6.26. The maximum absolute atomic E-state index is 12.0. The number of carbonyl (C=O) groups excluding carboxylic acids is 1. The number of amides is 2. The Morgan fingerprint density at radius 3 is 1.96 bits per heavy atom. The van der Waals surface area contributed by atoms with E-state index in [1.807, 2.05) is 12.1 Å². The lowest BCUT2D eigenvalue weighted by Gasteiger charge is -2.22. The van der Waals surface area contributed by atoms with E-state index in [0.29, 0.717) is 17.9 Å². The SMILES string of the molecule is O=C(Nc1ccc(NC2CCCCCC2)nn1)NC1CCCCC1. The normalized spacial score (nSPS) is 20.2. The summed E-state index contributed by atoms with van der Waals surface area (Å²) in [6, 6.07) is 4.32. The summed E-state index contributed by atoms with van der Waals surface area (Å²) in [6.45, 7) is 0. The molecular formula is C18H29N5O. The molecule has 0 spiro atoms. The second kappa shape index (κ2) is 8.85. The van der Waals surface area contributed by atoms with Crippen LogP contribution in [0.1, 0.15) is 70.6 Å². The van der Waals surface area contributed by atoms with Crippen LogP contribution in [0, 0.1) is 0 Å². The number of anilines is 2. The van der Waals surface area contributed by atoms with Gasteiger partial charge in [-0.1, -0.05) is 44.9 Å². The van der Waals surface area contributed by atoms with Crippen molar-refractivity contribution in [3.63, 3.8) is 0 Å². The Labute approximate surface area is 144 Å². The minimum absolute atomic E-state index is 0.180. The maximum atomic E-state index is 12.0. The molecule has 6 heteroatoms. The molecule has 2 fully saturated rings. The third-order valence-corrected chi connectivity index (χ3v) is 5.05. The zero-order chi connectivity index (χ0) is 16.6. The van der Waals surface area contributed by atoms with E-state index >= 15 is 0 Å². The van der Waals surface area contributed by atoms with Gasteiger partial charge in [-0.15, -0.1) is 10.2 Å². The fourth-order valence-corrected chi connectivity index (χ4v) is 3.69. The molecule has 6 nitrogen and oxygen atoms in total. The van der Waals surface area contributed by atoms with E-state index in [1.165, 1.54) is 57.8 Å². The molecule has 3 N–H and O–H groups in total. The highest BCUT2D eigenvalue weighted by Gasteiger charge is 2.16. The molecule has 1 heterocycles. The number of aromatic nitrogens is 2. The summed E-state index contributed by atoms with van der Waals surface area (Å²) in [5.74, 6) is 1.29. The van der Waals surface area contributed by atoms with Gasteiger partial charge in [0, 0.05) is 12.1 Å². The summed E-state index contributed by atoms with van der Waals surface area (Å²) >= 11 is 0. The molecule has 0 saturated heterocycles. The molecule has 24 heavy (non-hydrogen) atoms. The zero-order valence-electron chi connectivity index (χ0n) is 14.4. The molecular weight excluding hydrogens is 302 g/mol. The van der Waals surface area contributed by atoms with Crippen molar-refractivity contribution >= 4 is 17.7 Å². The fourth-order valence-electron chi connectivity index (χ4n) is 3.69. The van der Waals surface area contributed by atoms with E-state index in [4.69, 9.17) is 0 Å².